The molecule has 1 atom stereocenters. The molecule has 35 heavy (non-hydrogen) atoms. The number of phenolic OH excluding ortho intramolecular Hbond substituents is 1. The minimum absolute atomic E-state index is 0.0728. The summed E-state index contributed by atoms with van der Waals surface area (Å²) in [4.78, 5) is 17.6. The van der Waals surface area contributed by atoms with Crippen LogP contribution in [0.3, 0.4) is 0 Å². The van der Waals surface area contributed by atoms with Crippen LogP contribution in [-0.2, 0) is 10.0 Å². The molecule has 0 radical (unpaired) electrons. The summed E-state index contributed by atoms with van der Waals surface area (Å²) in [6, 6.07) is 18.5. The number of carbonyl (C=O) groups excluding carboxylic acids is 1. The fourth-order valence-corrected chi connectivity index (χ4v) is 6.86. The van der Waals surface area contributed by atoms with E-state index >= 15 is 0 Å². The van der Waals surface area contributed by atoms with Crippen LogP contribution in [0.2, 0.25) is 0 Å². The van der Waals surface area contributed by atoms with E-state index in [2.05, 4.69) is 17.2 Å². The van der Waals surface area contributed by atoms with Crippen LogP contribution >= 0.6 is 11.3 Å². The maximum atomic E-state index is 13.0. The molecule has 1 aliphatic rings. The van der Waals surface area contributed by atoms with Crippen molar-refractivity contribution in [2.45, 2.75) is 24.7 Å². The van der Waals surface area contributed by atoms with Crippen LogP contribution in [0.4, 0.5) is 5.69 Å². The number of sulfonamides is 1. The molecule has 1 amide bonds. The van der Waals surface area contributed by atoms with Crippen molar-refractivity contribution in [1.82, 2.24) is 9.29 Å². The molecule has 1 aliphatic heterocycles. The van der Waals surface area contributed by atoms with Gasteiger partial charge in [-0.1, -0.05) is 19.1 Å². The highest BCUT2D eigenvalue weighted by atomic mass is 32.2. The van der Waals surface area contributed by atoms with E-state index in [4.69, 9.17) is 0 Å². The lowest BCUT2D eigenvalue weighted by atomic mass is 10.0. The standard InChI is InChI=1S/C26H25N3O4S2/c1-17-5-4-14-29(16-17)35(32,33)20-11-8-18(9-12-20)25(31)27-19-10-13-23(30)21(15-19)26-28-22-6-2-3-7-24(22)34-26/h2-3,6-13,15,17,30H,4-5,14,16H2,1H3,(H,27,31)/t17-/m0/s1. The molecule has 0 spiro atoms. The van der Waals surface area contributed by atoms with E-state index in [0.717, 1.165) is 23.1 Å². The van der Waals surface area contributed by atoms with E-state index in [-0.39, 0.29) is 16.6 Å². The zero-order valence-corrected chi connectivity index (χ0v) is 20.8. The summed E-state index contributed by atoms with van der Waals surface area (Å²) < 4.78 is 28.5. The van der Waals surface area contributed by atoms with Crippen molar-refractivity contribution in [3.8, 4) is 16.3 Å². The Bertz CT molecular complexity index is 1460. The first-order valence-corrected chi connectivity index (χ1v) is 13.7. The van der Waals surface area contributed by atoms with Gasteiger partial charge >= 0.3 is 0 Å². The number of phenols is 1. The van der Waals surface area contributed by atoms with E-state index < -0.39 is 10.0 Å². The summed E-state index contributed by atoms with van der Waals surface area (Å²) >= 11 is 1.46. The molecule has 180 valence electrons. The minimum atomic E-state index is -3.58. The molecule has 0 aliphatic carbocycles. The molecule has 5 rings (SSSR count). The average molecular weight is 508 g/mol. The zero-order valence-electron chi connectivity index (χ0n) is 19.1. The van der Waals surface area contributed by atoms with Gasteiger partial charge in [-0.2, -0.15) is 4.31 Å². The summed E-state index contributed by atoms with van der Waals surface area (Å²) in [6.45, 7) is 3.09. The van der Waals surface area contributed by atoms with Gasteiger partial charge in [-0.15, -0.1) is 11.3 Å². The lowest BCUT2D eigenvalue weighted by Crippen LogP contribution is -2.39. The molecule has 2 N–H and O–H groups in total. The van der Waals surface area contributed by atoms with Crippen LogP contribution < -0.4 is 5.32 Å². The maximum Gasteiger partial charge on any atom is 0.255 e. The van der Waals surface area contributed by atoms with Gasteiger partial charge in [0.25, 0.3) is 5.91 Å². The van der Waals surface area contributed by atoms with E-state index in [0.29, 0.717) is 40.8 Å². The summed E-state index contributed by atoms with van der Waals surface area (Å²) in [6.07, 6.45) is 1.88. The van der Waals surface area contributed by atoms with Gasteiger partial charge in [0.05, 0.1) is 20.7 Å². The number of nitrogens with zero attached hydrogens (tertiary/aromatic N) is 2. The smallest absolute Gasteiger partial charge is 0.255 e. The molecule has 1 saturated heterocycles. The molecule has 1 fully saturated rings. The number of hydrogen-bond acceptors (Lipinski definition) is 6. The van der Waals surface area contributed by atoms with Crippen molar-refractivity contribution in [3.63, 3.8) is 0 Å². The Hall–Kier alpha value is -3.27. The predicted molar refractivity (Wildman–Crippen MR) is 138 cm³/mol. The van der Waals surface area contributed by atoms with Gasteiger partial charge in [-0.3, -0.25) is 4.79 Å². The number of benzene rings is 3. The van der Waals surface area contributed by atoms with Gasteiger partial charge < -0.3 is 10.4 Å². The van der Waals surface area contributed by atoms with Crippen molar-refractivity contribution in [3.05, 3.63) is 72.3 Å². The molecule has 9 heteroatoms. The van der Waals surface area contributed by atoms with Crippen LogP contribution in [-0.4, -0.2) is 41.8 Å². The topological polar surface area (TPSA) is 99.6 Å². The van der Waals surface area contributed by atoms with Crippen molar-refractivity contribution in [2.75, 3.05) is 18.4 Å². The quantitative estimate of drug-likeness (QED) is 0.355. The number of hydrogen-bond donors (Lipinski definition) is 2. The Morgan fingerprint density at radius 3 is 2.63 bits per heavy atom. The lowest BCUT2D eigenvalue weighted by molar-refractivity contribution is 0.102. The number of anilines is 1. The Morgan fingerprint density at radius 2 is 1.89 bits per heavy atom. The minimum Gasteiger partial charge on any atom is -0.507 e. The second-order valence-electron chi connectivity index (χ2n) is 8.81. The van der Waals surface area contributed by atoms with E-state index in [1.807, 2.05) is 24.3 Å². The molecule has 1 aromatic heterocycles. The third kappa shape index (κ3) is 4.80. The van der Waals surface area contributed by atoms with Gasteiger partial charge in [0, 0.05) is 24.3 Å². The molecule has 0 saturated carbocycles. The van der Waals surface area contributed by atoms with Crippen molar-refractivity contribution in [2.24, 2.45) is 5.92 Å². The lowest BCUT2D eigenvalue weighted by Gasteiger charge is -2.30. The Balaban J connectivity index is 1.34. The molecule has 0 unspecified atom stereocenters. The van der Waals surface area contributed by atoms with Crippen LogP contribution in [0, 0.1) is 5.92 Å². The van der Waals surface area contributed by atoms with Crippen LogP contribution in [0.25, 0.3) is 20.8 Å². The summed E-state index contributed by atoms with van der Waals surface area (Å²) in [5.41, 5.74) is 2.21. The predicted octanol–water partition coefficient (Wildman–Crippen LogP) is 5.34. The monoisotopic (exact) mass is 507 g/mol. The Morgan fingerprint density at radius 1 is 1.11 bits per heavy atom. The zero-order chi connectivity index (χ0) is 24.6. The summed E-state index contributed by atoms with van der Waals surface area (Å²) in [5, 5.41) is 13.9. The number of nitrogens with one attached hydrogen (secondary N) is 1. The normalized spacial score (nSPS) is 16.9. The first-order chi connectivity index (χ1) is 16.8. The highest BCUT2D eigenvalue weighted by molar-refractivity contribution is 7.89. The number of aromatic hydroxyl groups is 1. The molecule has 2 heterocycles. The van der Waals surface area contributed by atoms with Gasteiger partial charge in [0.2, 0.25) is 10.0 Å². The number of aromatic nitrogens is 1. The first kappa shape index (κ1) is 23.5. The molecular weight excluding hydrogens is 482 g/mol. The highest BCUT2D eigenvalue weighted by Gasteiger charge is 2.28. The second kappa shape index (κ2) is 9.41. The third-order valence-corrected chi connectivity index (χ3v) is 9.10. The molecular formula is C26H25N3O4S2. The largest absolute Gasteiger partial charge is 0.507 e. The number of amides is 1. The number of para-hydroxylation sites is 1. The maximum absolute atomic E-state index is 13.0. The SMILES string of the molecule is C[C@H]1CCCN(S(=O)(=O)c2ccc(C(=O)Nc3ccc(O)c(-c4nc5ccccc5s4)c3)cc2)C1. The third-order valence-electron chi connectivity index (χ3n) is 6.15. The van der Waals surface area contributed by atoms with Crippen molar-refractivity contribution in [1.29, 1.82) is 0 Å². The molecule has 4 aromatic rings. The van der Waals surface area contributed by atoms with Crippen LogP contribution in [0.5, 0.6) is 5.75 Å². The van der Waals surface area contributed by atoms with Crippen LogP contribution in [0.15, 0.2) is 71.6 Å². The number of piperidine rings is 1. The number of fused-ring (bicyclic) bond motifs is 1. The van der Waals surface area contributed by atoms with Crippen LogP contribution in [0.1, 0.15) is 30.1 Å². The van der Waals surface area contributed by atoms with E-state index in [1.165, 1.54) is 46.0 Å². The van der Waals surface area contributed by atoms with Gasteiger partial charge in [-0.05, 0) is 73.4 Å². The van der Waals surface area contributed by atoms with Crippen molar-refractivity contribution >= 4 is 43.2 Å². The van der Waals surface area contributed by atoms with Gasteiger partial charge in [-0.25, -0.2) is 13.4 Å². The number of rotatable bonds is 5. The first-order valence-electron chi connectivity index (χ1n) is 11.4. The van der Waals surface area contributed by atoms with E-state index in [1.54, 1.807) is 12.1 Å². The highest BCUT2D eigenvalue weighted by Crippen LogP contribution is 2.36. The Labute approximate surface area is 208 Å². The van der Waals surface area contributed by atoms with Gasteiger partial charge in [0.1, 0.15) is 10.8 Å². The van der Waals surface area contributed by atoms with Gasteiger partial charge in [0.15, 0.2) is 0 Å². The fraction of sp³-hybridized carbons (Fsp3) is 0.231. The summed E-state index contributed by atoms with van der Waals surface area (Å²) in [7, 11) is -3.58. The summed E-state index contributed by atoms with van der Waals surface area (Å²) in [5.74, 6) is 0.0340. The molecule has 7 nitrogen and oxygen atoms in total. The fourth-order valence-electron chi connectivity index (χ4n) is 4.27. The second-order valence-corrected chi connectivity index (χ2v) is 11.8. The molecule has 3 aromatic carbocycles. The number of carbonyl (C=O) groups is 1. The molecule has 0 bridgehead atoms. The van der Waals surface area contributed by atoms with Crippen molar-refractivity contribution < 1.29 is 18.3 Å². The average Bonchev–Trinajstić information content (AvgIpc) is 3.29. The number of thiazole rings is 1. The van der Waals surface area contributed by atoms with E-state index in [9.17, 15) is 18.3 Å². The Kier molecular flexibility index (Phi) is 6.31.